The van der Waals surface area contributed by atoms with E-state index in [0.717, 1.165) is 22.5 Å². The molecule has 3 aromatic rings. The zero-order chi connectivity index (χ0) is 11.7. The van der Waals surface area contributed by atoms with E-state index in [2.05, 4.69) is 9.97 Å². The summed E-state index contributed by atoms with van der Waals surface area (Å²) in [4.78, 5) is 8.70. The van der Waals surface area contributed by atoms with Crippen LogP contribution in [0.2, 0.25) is 0 Å². The summed E-state index contributed by atoms with van der Waals surface area (Å²) in [6.45, 7) is 0.557. The van der Waals surface area contributed by atoms with Crippen LogP contribution in [0, 0.1) is 0 Å². The normalized spacial score (nSPS) is 10.9. The lowest BCUT2D eigenvalue weighted by Gasteiger charge is -2.03. The maximum atomic E-state index is 5.58. The molecule has 2 N–H and O–H groups in total. The average molecular weight is 224 g/mol. The second-order valence-corrected chi connectivity index (χ2v) is 3.84. The van der Waals surface area contributed by atoms with Crippen LogP contribution in [0.4, 0.5) is 0 Å². The first-order valence-corrected chi connectivity index (χ1v) is 5.45. The van der Waals surface area contributed by atoms with E-state index in [-0.39, 0.29) is 0 Å². The highest BCUT2D eigenvalue weighted by atomic mass is 15.0. The van der Waals surface area contributed by atoms with Crippen molar-refractivity contribution in [3.63, 3.8) is 0 Å². The molecular formula is C13H12N4. The third-order valence-corrected chi connectivity index (χ3v) is 2.77. The van der Waals surface area contributed by atoms with Gasteiger partial charge in [0.2, 0.25) is 0 Å². The third-order valence-electron chi connectivity index (χ3n) is 2.77. The molecule has 2 heterocycles. The molecule has 0 aliphatic rings. The molecule has 84 valence electrons. The summed E-state index contributed by atoms with van der Waals surface area (Å²) in [6.07, 6.45) is 7.35. The molecule has 0 saturated heterocycles. The van der Waals surface area contributed by atoms with Gasteiger partial charge in [-0.25, -0.2) is 4.98 Å². The Balaban J connectivity index is 2.16. The summed E-state index contributed by atoms with van der Waals surface area (Å²) in [5, 5.41) is 0. The van der Waals surface area contributed by atoms with Gasteiger partial charge in [0, 0.05) is 36.9 Å². The molecule has 2 aromatic heterocycles. The molecule has 0 radical (unpaired) electrons. The molecular weight excluding hydrogens is 212 g/mol. The summed E-state index contributed by atoms with van der Waals surface area (Å²) in [7, 11) is 0. The highest BCUT2D eigenvalue weighted by Gasteiger charge is 2.06. The first-order chi connectivity index (χ1) is 8.38. The van der Waals surface area contributed by atoms with Gasteiger partial charge < -0.3 is 10.1 Å². The molecule has 0 spiro atoms. The van der Waals surface area contributed by atoms with Crippen molar-refractivity contribution < 1.29 is 0 Å². The number of nitrogens with two attached hydrogens (primary N) is 1. The summed E-state index contributed by atoms with van der Waals surface area (Å²) in [5.74, 6) is 0. The lowest BCUT2D eigenvalue weighted by molar-refractivity contribution is 1.07. The molecule has 0 bridgehead atoms. The molecule has 0 saturated carbocycles. The van der Waals surface area contributed by atoms with Crippen LogP contribution < -0.4 is 5.73 Å². The van der Waals surface area contributed by atoms with Crippen molar-refractivity contribution >= 4 is 5.65 Å². The van der Waals surface area contributed by atoms with Crippen molar-refractivity contribution in [2.24, 2.45) is 5.73 Å². The SMILES string of the molecule is NCc1ccc(-c2nccn3ccnc23)cc1. The quantitative estimate of drug-likeness (QED) is 0.722. The molecule has 0 aliphatic heterocycles. The number of nitrogens with zero attached hydrogens (tertiary/aromatic N) is 3. The van der Waals surface area contributed by atoms with E-state index in [0.29, 0.717) is 6.54 Å². The summed E-state index contributed by atoms with van der Waals surface area (Å²) >= 11 is 0. The zero-order valence-electron chi connectivity index (χ0n) is 9.24. The first kappa shape index (κ1) is 9.99. The highest BCUT2D eigenvalue weighted by molar-refractivity contribution is 5.73. The first-order valence-electron chi connectivity index (χ1n) is 5.45. The summed E-state index contributed by atoms with van der Waals surface area (Å²) in [5.41, 5.74) is 9.51. The van der Waals surface area contributed by atoms with E-state index in [4.69, 9.17) is 5.73 Å². The lowest BCUT2D eigenvalue weighted by Crippen LogP contribution is -1.96. The van der Waals surface area contributed by atoms with E-state index in [9.17, 15) is 0 Å². The largest absolute Gasteiger partial charge is 0.326 e. The predicted octanol–water partition coefficient (Wildman–Crippen LogP) is 1.85. The molecule has 4 nitrogen and oxygen atoms in total. The van der Waals surface area contributed by atoms with Gasteiger partial charge in [0.05, 0.1) is 0 Å². The molecule has 0 amide bonds. The van der Waals surface area contributed by atoms with Crippen LogP contribution in [0.25, 0.3) is 16.9 Å². The Morgan fingerprint density at radius 3 is 2.41 bits per heavy atom. The van der Waals surface area contributed by atoms with Gasteiger partial charge in [0.15, 0.2) is 5.65 Å². The fourth-order valence-electron chi connectivity index (χ4n) is 1.86. The zero-order valence-corrected chi connectivity index (χ0v) is 9.24. The second-order valence-electron chi connectivity index (χ2n) is 3.84. The van der Waals surface area contributed by atoms with Crippen LogP contribution in [-0.4, -0.2) is 14.4 Å². The van der Waals surface area contributed by atoms with E-state index in [1.54, 1.807) is 12.4 Å². The van der Waals surface area contributed by atoms with Gasteiger partial charge in [-0.05, 0) is 5.56 Å². The maximum absolute atomic E-state index is 5.58. The number of benzene rings is 1. The maximum Gasteiger partial charge on any atom is 0.163 e. The number of hydrogen-bond donors (Lipinski definition) is 1. The molecule has 17 heavy (non-hydrogen) atoms. The van der Waals surface area contributed by atoms with Crippen molar-refractivity contribution in [2.75, 3.05) is 0 Å². The van der Waals surface area contributed by atoms with E-state index in [1.807, 2.05) is 41.1 Å². The Bertz CT molecular complexity index is 640. The number of fused-ring (bicyclic) bond motifs is 1. The van der Waals surface area contributed by atoms with Crippen LogP contribution in [0.3, 0.4) is 0 Å². The Labute approximate surface area is 98.8 Å². The van der Waals surface area contributed by atoms with Crippen molar-refractivity contribution in [1.82, 2.24) is 14.4 Å². The van der Waals surface area contributed by atoms with E-state index >= 15 is 0 Å². The minimum atomic E-state index is 0.557. The standard InChI is InChI=1S/C13H12N4/c14-9-10-1-3-11(4-2-10)12-13-16-6-8-17(13)7-5-15-12/h1-8H,9,14H2. The molecule has 0 unspecified atom stereocenters. The number of rotatable bonds is 2. The average Bonchev–Trinajstić information content (AvgIpc) is 2.87. The van der Waals surface area contributed by atoms with Gasteiger partial charge in [-0.2, -0.15) is 0 Å². The van der Waals surface area contributed by atoms with Gasteiger partial charge in [0.1, 0.15) is 5.69 Å². The fourth-order valence-corrected chi connectivity index (χ4v) is 1.86. The van der Waals surface area contributed by atoms with Gasteiger partial charge in [0.25, 0.3) is 0 Å². The van der Waals surface area contributed by atoms with E-state index in [1.165, 1.54) is 0 Å². The molecule has 1 aromatic carbocycles. The molecule has 4 heteroatoms. The van der Waals surface area contributed by atoms with E-state index < -0.39 is 0 Å². The predicted molar refractivity (Wildman–Crippen MR) is 66.3 cm³/mol. The minimum Gasteiger partial charge on any atom is -0.326 e. The number of hydrogen-bond acceptors (Lipinski definition) is 3. The lowest BCUT2D eigenvalue weighted by atomic mass is 10.1. The van der Waals surface area contributed by atoms with Crippen LogP contribution in [0.15, 0.2) is 49.1 Å². The van der Waals surface area contributed by atoms with Crippen LogP contribution >= 0.6 is 0 Å². The molecule has 0 atom stereocenters. The number of imidazole rings is 1. The Hall–Kier alpha value is -2.20. The Kier molecular flexibility index (Phi) is 2.34. The summed E-state index contributed by atoms with van der Waals surface area (Å²) in [6, 6.07) is 8.09. The molecule has 0 fully saturated rings. The van der Waals surface area contributed by atoms with Crippen molar-refractivity contribution in [3.8, 4) is 11.3 Å². The van der Waals surface area contributed by atoms with Gasteiger partial charge in [-0.15, -0.1) is 0 Å². The Morgan fingerprint density at radius 1 is 1.00 bits per heavy atom. The smallest absolute Gasteiger partial charge is 0.163 e. The Morgan fingerprint density at radius 2 is 1.71 bits per heavy atom. The van der Waals surface area contributed by atoms with Gasteiger partial charge in [-0.1, -0.05) is 24.3 Å². The minimum absolute atomic E-state index is 0.557. The molecule has 3 rings (SSSR count). The highest BCUT2D eigenvalue weighted by Crippen LogP contribution is 2.21. The van der Waals surface area contributed by atoms with Crippen molar-refractivity contribution in [3.05, 3.63) is 54.6 Å². The topological polar surface area (TPSA) is 56.2 Å². The van der Waals surface area contributed by atoms with Crippen LogP contribution in [0.5, 0.6) is 0 Å². The van der Waals surface area contributed by atoms with Crippen molar-refractivity contribution in [1.29, 1.82) is 0 Å². The van der Waals surface area contributed by atoms with Gasteiger partial charge in [-0.3, -0.25) is 4.98 Å². The van der Waals surface area contributed by atoms with Crippen molar-refractivity contribution in [2.45, 2.75) is 6.54 Å². The second kappa shape index (κ2) is 3.99. The monoisotopic (exact) mass is 224 g/mol. The fraction of sp³-hybridized carbons (Fsp3) is 0.0769. The third kappa shape index (κ3) is 1.68. The van der Waals surface area contributed by atoms with Crippen LogP contribution in [0.1, 0.15) is 5.56 Å². The van der Waals surface area contributed by atoms with Gasteiger partial charge >= 0.3 is 0 Å². The molecule has 0 aliphatic carbocycles. The van der Waals surface area contributed by atoms with Crippen LogP contribution in [-0.2, 0) is 6.54 Å². The summed E-state index contributed by atoms with van der Waals surface area (Å²) < 4.78 is 1.96. The number of aromatic nitrogens is 3.